The summed E-state index contributed by atoms with van der Waals surface area (Å²) in [5.74, 6) is -0.103. The molecule has 3 aromatic carbocycles. The van der Waals surface area contributed by atoms with E-state index in [4.69, 9.17) is 14.2 Å². The van der Waals surface area contributed by atoms with Gasteiger partial charge in [0.15, 0.2) is 11.5 Å². The van der Waals surface area contributed by atoms with Gasteiger partial charge in [0, 0.05) is 23.1 Å². The lowest BCUT2D eigenvalue weighted by Crippen LogP contribution is -2.33. The first-order valence-electron chi connectivity index (χ1n) is 12.8. The fourth-order valence-corrected chi connectivity index (χ4v) is 5.98. The Bertz CT molecular complexity index is 1540. The van der Waals surface area contributed by atoms with Crippen LogP contribution in [-0.4, -0.2) is 35.6 Å². The fraction of sp³-hybridized carbons (Fsp3) is 0.290. The van der Waals surface area contributed by atoms with Gasteiger partial charge in [0.05, 0.1) is 5.56 Å². The number of carbonyl (C=O) groups is 2. The Balaban J connectivity index is 1.54. The van der Waals surface area contributed by atoms with Crippen LogP contribution in [-0.2, 0) is 9.53 Å². The molecule has 0 fully saturated rings. The largest absolute Gasteiger partial charge is 0.459 e. The predicted octanol–water partition coefficient (Wildman–Crippen LogP) is 6.53. The highest BCUT2D eigenvalue weighted by Gasteiger charge is 2.38. The number of hydrogen-bond acceptors (Lipinski definition) is 8. The Hall–Kier alpha value is -4.14. The molecule has 0 saturated carbocycles. The number of aldehydes is 1. The molecule has 8 nitrogen and oxygen atoms in total. The highest BCUT2D eigenvalue weighted by molar-refractivity contribution is 6.22. The standard InChI is InChI=1S/C31H31NO7/c1-5-31(4)12-8-10-21(28(31)18(2)16-33)13-19(3)39-30(34)23-15-25-29(38-17-37-25)27-22-11-7-6-9-20(22)14-24(26(23)27)32(35)36/h5-7,9-11,14-16,19,28,35-36H,1-2,8,12-13,17H2,3-4H3. The van der Waals surface area contributed by atoms with E-state index in [1.54, 1.807) is 13.0 Å². The first-order chi connectivity index (χ1) is 18.7. The van der Waals surface area contributed by atoms with E-state index in [0.29, 0.717) is 28.9 Å². The summed E-state index contributed by atoms with van der Waals surface area (Å²) in [5, 5.41) is 22.5. The van der Waals surface area contributed by atoms with Crippen LogP contribution in [0.2, 0.25) is 0 Å². The van der Waals surface area contributed by atoms with E-state index >= 15 is 0 Å². The monoisotopic (exact) mass is 529 g/mol. The Morgan fingerprint density at radius 1 is 1.26 bits per heavy atom. The second kappa shape index (κ2) is 10.2. The Morgan fingerprint density at radius 2 is 2.03 bits per heavy atom. The van der Waals surface area contributed by atoms with Crippen molar-refractivity contribution in [1.29, 1.82) is 0 Å². The lowest BCUT2D eigenvalue weighted by atomic mass is 9.64. The summed E-state index contributed by atoms with van der Waals surface area (Å²) in [5.41, 5.74) is 1.21. The van der Waals surface area contributed by atoms with Crippen LogP contribution >= 0.6 is 0 Å². The third-order valence-electron chi connectivity index (χ3n) is 7.82. The molecule has 0 radical (unpaired) electrons. The summed E-state index contributed by atoms with van der Waals surface area (Å²) in [7, 11) is 0. The lowest BCUT2D eigenvalue weighted by Gasteiger charge is -2.40. The van der Waals surface area contributed by atoms with Crippen molar-refractivity contribution in [2.75, 3.05) is 12.0 Å². The number of allylic oxidation sites excluding steroid dienone is 3. The van der Waals surface area contributed by atoms with Gasteiger partial charge in [-0.2, -0.15) is 0 Å². The Kier molecular flexibility index (Phi) is 6.92. The molecule has 39 heavy (non-hydrogen) atoms. The average molecular weight is 530 g/mol. The van der Waals surface area contributed by atoms with Gasteiger partial charge >= 0.3 is 5.97 Å². The molecular formula is C31H31NO7. The van der Waals surface area contributed by atoms with Crippen LogP contribution in [0.25, 0.3) is 21.5 Å². The van der Waals surface area contributed by atoms with E-state index in [0.717, 1.165) is 35.5 Å². The zero-order chi connectivity index (χ0) is 27.9. The van der Waals surface area contributed by atoms with Crippen LogP contribution < -0.4 is 14.7 Å². The molecule has 5 rings (SSSR count). The molecule has 2 N–H and O–H groups in total. The van der Waals surface area contributed by atoms with Crippen molar-refractivity contribution in [3.05, 3.63) is 78.4 Å². The third kappa shape index (κ3) is 4.56. The minimum absolute atomic E-state index is 0.000637. The second-order valence-corrected chi connectivity index (χ2v) is 10.4. The average Bonchev–Trinajstić information content (AvgIpc) is 3.40. The highest BCUT2D eigenvalue weighted by atomic mass is 16.8. The van der Waals surface area contributed by atoms with Gasteiger partial charge in [-0.15, -0.1) is 11.8 Å². The first kappa shape index (κ1) is 26.5. The van der Waals surface area contributed by atoms with E-state index in [1.807, 2.05) is 30.3 Å². The number of carbonyl (C=O) groups excluding carboxylic acids is 2. The number of ether oxygens (including phenoxy) is 3. The minimum Gasteiger partial charge on any atom is -0.459 e. The summed E-state index contributed by atoms with van der Waals surface area (Å²) in [4.78, 5) is 25.4. The van der Waals surface area contributed by atoms with Gasteiger partial charge in [0.1, 0.15) is 18.1 Å². The van der Waals surface area contributed by atoms with Gasteiger partial charge in [0.2, 0.25) is 6.79 Å². The smallest absolute Gasteiger partial charge is 0.339 e. The maximum Gasteiger partial charge on any atom is 0.339 e. The van der Waals surface area contributed by atoms with Crippen LogP contribution in [0, 0.1) is 11.3 Å². The quantitative estimate of drug-likeness (QED) is 0.0848. The van der Waals surface area contributed by atoms with E-state index in [2.05, 4.69) is 26.2 Å². The topological polar surface area (TPSA) is 106 Å². The molecule has 3 unspecified atom stereocenters. The van der Waals surface area contributed by atoms with E-state index in [9.17, 15) is 20.0 Å². The first-order valence-corrected chi connectivity index (χ1v) is 12.8. The highest BCUT2D eigenvalue weighted by Crippen LogP contribution is 2.49. The lowest BCUT2D eigenvalue weighted by molar-refractivity contribution is -0.105. The zero-order valence-electron chi connectivity index (χ0n) is 22.0. The van der Waals surface area contributed by atoms with Gasteiger partial charge in [-0.1, -0.05) is 55.5 Å². The number of benzene rings is 3. The van der Waals surface area contributed by atoms with Crippen molar-refractivity contribution in [2.45, 2.75) is 39.2 Å². The molecule has 0 saturated heterocycles. The third-order valence-corrected chi connectivity index (χ3v) is 7.82. The van der Waals surface area contributed by atoms with E-state index in [1.165, 1.54) is 6.07 Å². The van der Waals surface area contributed by atoms with Crippen LogP contribution in [0.1, 0.15) is 43.5 Å². The molecule has 8 heteroatoms. The summed E-state index contributed by atoms with van der Waals surface area (Å²) < 4.78 is 17.3. The maximum absolute atomic E-state index is 13.7. The zero-order valence-corrected chi connectivity index (χ0v) is 22.0. The van der Waals surface area contributed by atoms with Crippen LogP contribution in [0.5, 0.6) is 11.5 Å². The van der Waals surface area contributed by atoms with Crippen LogP contribution in [0.4, 0.5) is 5.69 Å². The Morgan fingerprint density at radius 3 is 2.74 bits per heavy atom. The molecule has 0 aromatic heterocycles. The van der Waals surface area contributed by atoms with Gasteiger partial charge < -0.3 is 14.2 Å². The van der Waals surface area contributed by atoms with Crippen molar-refractivity contribution in [2.24, 2.45) is 11.3 Å². The van der Waals surface area contributed by atoms with Gasteiger partial charge in [-0.3, -0.25) is 15.2 Å². The van der Waals surface area contributed by atoms with E-state index < -0.39 is 12.1 Å². The summed E-state index contributed by atoms with van der Waals surface area (Å²) in [6.45, 7) is 11.8. The molecule has 0 bridgehead atoms. The fourth-order valence-electron chi connectivity index (χ4n) is 5.98. The second-order valence-electron chi connectivity index (χ2n) is 10.4. The van der Waals surface area contributed by atoms with Gasteiger partial charge in [-0.25, -0.2) is 4.79 Å². The number of nitrogens with zero attached hydrogens (tertiary/aromatic N) is 1. The number of hydrogen-bond donors (Lipinski definition) is 2. The molecule has 2 aliphatic rings. The maximum atomic E-state index is 13.7. The number of esters is 1. The molecule has 0 spiro atoms. The molecule has 0 amide bonds. The SMILES string of the molecule is C=CC1(C)CCC=C(CC(C)OC(=O)c2cc3c(c4c2c(N(O)O)cc2ccccc24)OCO3)C1C(=C)C=O. The summed E-state index contributed by atoms with van der Waals surface area (Å²) >= 11 is 0. The van der Waals surface area contributed by atoms with Crippen molar-refractivity contribution in [1.82, 2.24) is 0 Å². The molecule has 1 heterocycles. The molecular weight excluding hydrogens is 498 g/mol. The van der Waals surface area contributed by atoms with Gasteiger partial charge in [-0.05, 0) is 53.7 Å². The molecule has 3 aromatic rings. The van der Waals surface area contributed by atoms with Crippen LogP contribution in [0.3, 0.4) is 0 Å². The molecule has 1 aliphatic heterocycles. The predicted molar refractivity (Wildman–Crippen MR) is 147 cm³/mol. The summed E-state index contributed by atoms with van der Waals surface area (Å²) in [6.07, 6.45) is 6.24. The number of fused-ring (bicyclic) bond motifs is 5. The van der Waals surface area contributed by atoms with Gasteiger partial charge in [0.25, 0.3) is 0 Å². The normalized spacial score (nSPS) is 20.8. The number of rotatable bonds is 8. The van der Waals surface area contributed by atoms with Crippen molar-refractivity contribution >= 4 is 39.5 Å². The molecule has 202 valence electrons. The van der Waals surface area contributed by atoms with Crippen molar-refractivity contribution < 1.29 is 34.2 Å². The Labute approximate surface area is 226 Å². The minimum atomic E-state index is -0.655. The van der Waals surface area contributed by atoms with Crippen molar-refractivity contribution in [3.63, 3.8) is 0 Å². The summed E-state index contributed by atoms with van der Waals surface area (Å²) in [6, 6.07) is 10.5. The molecule has 1 aliphatic carbocycles. The number of anilines is 1. The van der Waals surface area contributed by atoms with Crippen LogP contribution in [0.15, 0.2) is 72.9 Å². The van der Waals surface area contributed by atoms with Crippen molar-refractivity contribution in [3.8, 4) is 11.5 Å². The van der Waals surface area contributed by atoms with E-state index in [-0.39, 0.29) is 40.0 Å². The molecule has 3 atom stereocenters.